The van der Waals surface area contributed by atoms with Gasteiger partial charge in [0, 0.05) is 13.0 Å². The van der Waals surface area contributed by atoms with Gasteiger partial charge in [0.2, 0.25) is 0 Å². The molecule has 0 aromatic rings. The van der Waals surface area contributed by atoms with Crippen LogP contribution in [0.15, 0.2) is 97.2 Å². The monoisotopic (exact) mass is 1030 g/mol. The highest BCUT2D eigenvalue weighted by Crippen LogP contribution is 2.26. The van der Waals surface area contributed by atoms with Crippen LogP contribution in [-0.2, 0) is 38.3 Å². The van der Waals surface area contributed by atoms with Crippen molar-refractivity contribution in [2.45, 2.75) is 243 Å². The Morgan fingerprint density at radius 1 is 0.528 bits per heavy atom. The molecule has 72 heavy (non-hydrogen) atoms. The molecule has 0 radical (unpaired) electrons. The van der Waals surface area contributed by atoms with Crippen molar-refractivity contribution in [3.8, 4) is 0 Å². The first-order valence-corrected chi connectivity index (χ1v) is 29.4. The third kappa shape index (κ3) is 41.4. The van der Waals surface area contributed by atoms with Crippen molar-refractivity contribution in [1.82, 2.24) is 0 Å². The zero-order chi connectivity index (χ0) is 52.4. The molecule has 0 aliphatic carbocycles. The number of aliphatic hydroxyl groups excluding tert-OH is 3. The second kappa shape index (κ2) is 48.9. The molecule has 1 aliphatic rings. The van der Waals surface area contributed by atoms with Gasteiger partial charge in [-0.25, -0.2) is 4.18 Å². The summed E-state index contributed by atoms with van der Waals surface area (Å²) in [5, 5.41) is 30.8. The van der Waals surface area contributed by atoms with Gasteiger partial charge in [-0.2, -0.15) is 8.42 Å². The highest BCUT2D eigenvalue weighted by molar-refractivity contribution is 7.80. The lowest BCUT2D eigenvalue weighted by Crippen LogP contribution is -2.60. The maximum Gasteiger partial charge on any atom is 0.397 e. The SMILES string of the molecule is CC/C=C\C/C=C\C/C=C\C/C=C\CCCCCCCCCCCCCOCC(COC1OC(CO)C(O)C(OS(=O)(=O)O)C1O)OC(=O)CCCCCCCCCC/C=C\C/C=C\C/C=C\C/C=C\CC. The second-order valence-electron chi connectivity index (χ2n) is 18.8. The molecule has 0 spiro atoms. The van der Waals surface area contributed by atoms with Crippen LogP contribution in [0.4, 0.5) is 0 Å². The first-order chi connectivity index (χ1) is 35.1. The summed E-state index contributed by atoms with van der Waals surface area (Å²) in [5.41, 5.74) is 0. The van der Waals surface area contributed by atoms with Crippen molar-refractivity contribution in [2.24, 2.45) is 0 Å². The normalized spacial score (nSPS) is 19.7. The minimum absolute atomic E-state index is 0.0251. The van der Waals surface area contributed by atoms with Crippen LogP contribution in [0.5, 0.6) is 0 Å². The van der Waals surface area contributed by atoms with Crippen molar-refractivity contribution in [1.29, 1.82) is 0 Å². The van der Waals surface area contributed by atoms with E-state index >= 15 is 0 Å². The summed E-state index contributed by atoms with van der Waals surface area (Å²) >= 11 is 0. The molecule has 1 fully saturated rings. The average molecular weight is 1030 g/mol. The van der Waals surface area contributed by atoms with Crippen LogP contribution in [0.1, 0.15) is 206 Å². The minimum atomic E-state index is -5.07. The number of carbonyl (C=O) groups is 1. The summed E-state index contributed by atoms with van der Waals surface area (Å²) in [5.74, 6) is -0.411. The lowest BCUT2D eigenvalue weighted by Gasteiger charge is -2.41. The Morgan fingerprint density at radius 2 is 0.917 bits per heavy atom. The van der Waals surface area contributed by atoms with Crippen LogP contribution in [0.3, 0.4) is 0 Å². The predicted molar refractivity (Wildman–Crippen MR) is 294 cm³/mol. The molecule has 13 heteroatoms. The summed E-state index contributed by atoms with van der Waals surface area (Å²) in [7, 11) is -5.07. The van der Waals surface area contributed by atoms with E-state index < -0.39 is 59.8 Å². The van der Waals surface area contributed by atoms with Gasteiger partial charge in [-0.1, -0.05) is 207 Å². The van der Waals surface area contributed by atoms with E-state index in [1.54, 1.807) is 0 Å². The Morgan fingerprint density at radius 3 is 1.33 bits per heavy atom. The number of allylic oxidation sites excluding steroid dienone is 16. The highest BCUT2D eigenvalue weighted by atomic mass is 32.3. The fraction of sp³-hybridized carbons (Fsp3) is 0.712. The van der Waals surface area contributed by atoms with Crippen LogP contribution in [0.25, 0.3) is 0 Å². The van der Waals surface area contributed by atoms with Crippen LogP contribution in [0.2, 0.25) is 0 Å². The lowest BCUT2D eigenvalue weighted by atomic mass is 9.99. The largest absolute Gasteiger partial charge is 0.457 e. The average Bonchev–Trinajstić information content (AvgIpc) is 3.36. The van der Waals surface area contributed by atoms with Crippen LogP contribution in [0, 0.1) is 0 Å². The molecule has 1 rings (SSSR count). The van der Waals surface area contributed by atoms with Gasteiger partial charge in [-0.15, -0.1) is 0 Å². The Labute approximate surface area is 437 Å². The number of unbranched alkanes of at least 4 members (excludes halogenated alkanes) is 19. The zero-order valence-electron chi connectivity index (χ0n) is 44.7. The van der Waals surface area contributed by atoms with Crippen molar-refractivity contribution in [3.63, 3.8) is 0 Å². The molecule has 1 heterocycles. The van der Waals surface area contributed by atoms with Gasteiger partial charge in [0.25, 0.3) is 0 Å². The Kier molecular flexibility index (Phi) is 45.6. The summed E-state index contributed by atoms with van der Waals surface area (Å²) in [6.45, 7) is 3.76. The molecular weight excluding hydrogens is 933 g/mol. The zero-order valence-corrected chi connectivity index (χ0v) is 45.5. The van der Waals surface area contributed by atoms with Crippen LogP contribution >= 0.6 is 0 Å². The van der Waals surface area contributed by atoms with Crippen molar-refractivity contribution >= 4 is 16.4 Å². The second-order valence-corrected chi connectivity index (χ2v) is 19.8. The fourth-order valence-electron chi connectivity index (χ4n) is 8.07. The lowest BCUT2D eigenvalue weighted by molar-refractivity contribution is -0.301. The predicted octanol–water partition coefficient (Wildman–Crippen LogP) is 13.8. The molecule has 6 atom stereocenters. The number of aliphatic hydroxyl groups is 3. The number of rotatable bonds is 48. The first kappa shape index (κ1) is 67.0. The van der Waals surface area contributed by atoms with E-state index in [2.05, 4.69) is 115 Å². The van der Waals surface area contributed by atoms with Gasteiger partial charge in [-0.05, 0) is 89.9 Å². The summed E-state index contributed by atoms with van der Waals surface area (Å²) in [4.78, 5) is 13.0. The quantitative estimate of drug-likeness (QED) is 0.0196. The maximum absolute atomic E-state index is 13.0. The molecule has 0 aromatic heterocycles. The summed E-state index contributed by atoms with van der Waals surface area (Å²) in [6, 6.07) is 0. The highest BCUT2D eigenvalue weighted by Gasteiger charge is 2.48. The maximum atomic E-state index is 13.0. The third-order valence-electron chi connectivity index (χ3n) is 12.2. The molecule has 0 saturated carbocycles. The molecule has 414 valence electrons. The smallest absolute Gasteiger partial charge is 0.397 e. The van der Waals surface area contributed by atoms with Crippen LogP contribution in [-0.4, -0.2) is 97.5 Å². The van der Waals surface area contributed by atoms with Crippen LogP contribution < -0.4 is 0 Å². The molecule has 4 N–H and O–H groups in total. The molecule has 12 nitrogen and oxygen atoms in total. The van der Waals surface area contributed by atoms with E-state index in [1.165, 1.54) is 77.0 Å². The van der Waals surface area contributed by atoms with Crippen molar-refractivity contribution in [3.05, 3.63) is 97.2 Å². The molecule has 0 bridgehead atoms. The Bertz CT molecular complexity index is 1620. The molecule has 0 amide bonds. The number of ether oxygens (including phenoxy) is 4. The van der Waals surface area contributed by atoms with Gasteiger partial charge in [0.1, 0.15) is 30.5 Å². The molecule has 0 aromatic carbocycles. The van der Waals surface area contributed by atoms with E-state index in [4.69, 9.17) is 18.9 Å². The number of hydrogen-bond acceptors (Lipinski definition) is 11. The molecule has 1 aliphatic heterocycles. The van der Waals surface area contributed by atoms with Gasteiger partial charge in [0.15, 0.2) is 6.29 Å². The van der Waals surface area contributed by atoms with Gasteiger partial charge in [0.05, 0.1) is 19.8 Å². The standard InChI is InChI=1S/C59H100O12S/c1-3-5-7-9-11-13-15-17-19-21-23-25-26-27-29-31-33-35-37-39-41-43-45-47-49-67-51-53(52-68-59-57(63)58(71-72(64,65)66)56(62)54(50-60)70-59)69-55(61)48-46-44-42-40-38-36-34-32-30-28-24-22-20-18-16-14-12-10-8-6-4-2/h5-8,11-14,17-20,23-25,28,53-54,56-60,62-63H,3-4,9-10,15-16,21-22,26-27,29-52H2,1-2H3,(H,64,65,66)/b7-5-,8-6-,13-11-,14-12-,19-17-,20-18-,25-23-,28-24-. The van der Waals surface area contributed by atoms with E-state index in [0.717, 1.165) is 103 Å². The van der Waals surface area contributed by atoms with E-state index in [1.807, 2.05) is 0 Å². The van der Waals surface area contributed by atoms with Crippen molar-refractivity contribution < 1.29 is 56.2 Å². The van der Waals surface area contributed by atoms with Gasteiger partial charge in [-0.3, -0.25) is 9.35 Å². The summed E-state index contributed by atoms with van der Waals surface area (Å²) in [6.07, 6.45) is 58.6. The van der Waals surface area contributed by atoms with Crippen molar-refractivity contribution in [2.75, 3.05) is 26.4 Å². The molecule has 1 saturated heterocycles. The Hall–Kier alpha value is -2.98. The third-order valence-corrected chi connectivity index (χ3v) is 12.7. The first-order valence-electron chi connectivity index (χ1n) is 28.0. The summed E-state index contributed by atoms with van der Waals surface area (Å²) < 4.78 is 59.4. The van der Waals surface area contributed by atoms with Gasteiger partial charge >= 0.3 is 16.4 Å². The van der Waals surface area contributed by atoms with Gasteiger partial charge < -0.3 is 34.3 Å². The number of esters is 1. The minimum Gasteiger partial charge on any atom is -0.457 e. The fourth-order valence-corrected chi connectivity index (χ4v) is 8.58. The molecular formula is C59H100O12S. The molecule has 6 unspecified atom stereocenters. The van der Waals surface area contributed by atoms with E-state index in [0.29, 0.717) is 13.0 Å². The topological polar surface area (TPSA) is 178 Å². The number of carbonyl (C=O) groups excluding carboxylic acids is 1. The Balaban J connectivity index is 2.32. The number of hydrogen-bond donors (Lipinski definition) is 4. The van der Waals surface area contributed by atoms with E-state index in [9.17, 15) is 33.1 Å². The van der Waals surface area contributed by atoms with E-state index in [-0.39, 0.29) is 19.6 Å².